The Morgan fingerprint density at radius 1 is 1.00 bits per heavy atom. The second kappa shape index (κ2) is 9.47. The van der Waals surface area contributed by atoms with E-state index in [9.17, 15) is 4.79 Å². The second-order valence-electron chi connectivity index (χ2n) is 7.26. The minimum atomic E-state index is -0.178. The lowest BCUT2D eigenvalue weighted by molar-refractivity contribution is -0.111. The normalized spacial score (nSPS) is 14.8. The Morgan fingerprint density at radius 2 is 1.66 bits per heavy atom. The molecule has 2 aromatic carbocycles. The van der Waals surface area contributed by atoms with E-state index < -0.39 is 0 Å². The number of rotatable bonds is 6. The van der Waals surface area contributed by atoms with E-state index >= 15 is 0 Å². The van der Waals surface area contributed by atoms with Crippen molar-refractivity contribution in [1.82, 2.24) is 4.90 Å². The quantitative estimate of drug-likeness (QED) is 0.760. The second-order valence-corrected chi connectivity index (χ2v) is 7.26. The molecule has 0 radical (unpaired) electrons. The van der Waals surface area contributed by atoms with E-state index in [1.165, 1.54) is 11.8 Å². The van der Waals surface area contributed by atoms with Crippen molar-refractivity contribution in [3.8, 4) is 11.5 Å². The fourth-order valence-electron chi connectivity index (χ4n) is 3.32. The third-order valence-corrected chi connectivity index (χ3v) is 5.14. The van der Waals surface area contributed by atoms with Gasteiger partial charge >= 0.3 is 0 Å². The van der Waals surface area contributed by atoms with Crippen LogP contribution in [-0.2, 0) is 4.79 Å². The summed E-state index contributed by atoms with van der Waals surface area (Å²) in [6.45, 7) is 6.20. The summed E-state index contributed by atoms with van der Waals surface area (Å²) in [5.41, 5.74) is 3.90. The van der Waals surface area contributed by atoms with E-state index in [1.54, 1.807) is 26.4 Å². The molecule has 0 spiro atoms. The lowest BCUT2D eigenvalue weighted by Gasteiger charge is -2.34. The van der Waals surface area contributed by atoms with Gasteiger partial charge in [0, 0.05) is 49.7 Å². The highest BCUT2D eigenvalue weighted by Crippen LogP contribution is 2.25. The fourth-order valence-corrected chi connectivity index (χ4v) is 3.32. The van der Waals surface area contributed by atoms with Crippen molar-refractivity contribution in [2.45, 2.75) is 6.92 Å². The Morgan fingerprint density at radius 3 is 2.24 bits per heavy atom. The number of ether oxygens (including phenoxy) is 2. The van der Waals surface area contributed by atoms with E-state index in [0.717, 1.165) is 43.0 Å². The minimum Gasteiger partial charge on any atom is -0.497 e. The summed E-state index contributed by atoms with van der Waals surface area (Å²) in [5, 5.41) is 2.96. The number of benzene rings is 2. The average Bonchev–Trinajstić information content (AvgIpc) is 2.74. The molecule has 1 amide bonds. The zero-order valence-corrected chi connectivity index (χ0v) is 17.6. The molecule has 0 aromatic heterocycles. The molecular weight excluding hydrogens is 366 g/mol. The molecule has 1 saturated heterocycles. The number of hydrogen-bond acceptors (Lipinski definition) is 5. The minimum absolute atomic E-state index is 0.178. The maximum absolute atomic E-state index is 12.4. The van der Waals surface area contributed by atoms with E-state index in [-0.39, 0.29) is 5.91 Å². The van der Waals surface area contributed by atoms with Gasteiger partial charge in [-0.3, -0.25) is 4.79 Å². The van der Waals surface area contributed by atoms with Crippen LogP contribution >= 0.6 is 0 Å². The molecule has 29 heavy (non-hydrogen) atoms. The molecule has 0 saturated carbocycles. The van der Waals surface area contributed by atoms with Gasteiger partial charge in [-0.1, -0.05) is 0 Å². The van der Waals surface area contributed by atoms with Gasteiger partial charge in [-0.05, 0) is 61.5 Å². The SMILES string of the molecule is COc1cc(/C=C/C(=O)Nc2ccc(N3CCN(C)CC3)cc2C)cc(OC)c1. The van der Waals surface area contributed by atoms with Crippen molar-refractivity contribution in [3.63, 3.8) is 0 Å². The fraction of sp³-hybridized carbons (Fsp3) is 0.348. The number of methoxy groups -OCH3 is 2. The number of aryl methyl sites for hydroxylation is 1. The van der Waals surface area contributed by atoms with Gasteiger partial charge in [0.25, 0.3) is 0 Å². The Kier molecular flexibility index (Phi) is 6.77. The first-order valence-electron chi connectivity index (χ1n) is 9.75. The molecule has 0 aliphatic carbocycles. The molecule has 154 valence electrons. The molecule has 1 heterocycles. The summed E-state index contributed by atoms with van der Waals surface area (Å²) in [5.74, 6) is 1.18. The van der Waals surface area contributed by atoms with Gasteiger partial charge in [0.15, 0.2) is 0 Å². The smallest absolute Gasteiger partial charge is 0.248 e. The highest BCUT2D eigenvalue weighted by Gasteiger charge is 2.15. The molecule has 1 aliphatic rings. The van der Waals surface area contributed by atoms with Crippen molar-refractivity contribution < 1.29 is 14.3 Å². The number of carbonyl (C=O) groups excluding carboxylic acids is 1. The summed E-state index contributed by atoms with van der Waals surface area (Å²) in [6.07, 6.45) is 3.26. The molecule has 3 rings (SSSR count). The molecule has 6 heteroatoms. The largest absolute Gasteiger partial charge is 0.497 e. The third-order valence-electron chi connectivity index (χ3n) is 5.14. The molecule has 0 unspecified atom stereocenters. The Bertz CT molecular complexity index is 865. The monoisotopic (exact) mass is 395 g/mol. The van der Waals surface area contributed by atoms with Gasteiger partial charge in [0.05, 0.1) is 14.2 Å². The molecule has 2 aromatic rings. The lowest BCUT2D eigenvalue weighted by Crippen LogP contribution is -2.44. The van der Waals surface area contributed by atoms with Crippen LogP contribution in [0.3, 0.4) is 0 Å². The molecular formula is C23H29N3O3. The van der Waals surface area contributed by atoms with Crippen molar-refractivity contribution in [1.29, 1.82) is 0 Å². The molecule has 0 atom stereocenters. The van der Waals surface area contributed by atoms with Crippen molar-refractivity contribution >= 4 is 23.4 Å². The summed E-state index contributed by atoms with van der Waals surface area (Å²) in [4.78, 5) is 17.1. The number of amides is 1. The number of anilines is 2. The number of nitrogens with zero attached hydrogens (tertiary/aromatic N) is 2. The topological polar surface area (TPSA) is 54.0 Å². The Hall–Kier alpha value is -2.99. The number of carbonyl (C=O) groups is 1. The maximum atomic E-state index is 12.4. The summed E-state index contributed by atoms with van der Waals surface area (Å²) >= 11 is 0. The van der Waals surface area contributed by atoms with Crippen LogP contribution in [0.1, 0.15) is 11.1 Å². The number of piperazine rings is 1. The number of hydrogen-bond donors (Lipinski definition) is 1. The highest BCUT2D eigenvalue weighted by molar-refractivity contribution is 6.02. The van der Waals surface area contributed by atoms with Crippen LogP contribution in [0.15, 0.2) is 42.5 Å². The van der Waals surface area contributed by atoms with Gasteiger partial charge in [-0.15, -0.1) is 0 Å². The van der Waals surface area contributed by atoms with Gasteiger partial charge in [0.1, 0.15) is 11.5 Å². The van der Waals surface area contributed by atoms with Crippen molar-refractivity contribution in [2.75, 3.05) is 57.7 Å². The van der Waals surface area contributed by atoms with E-state index in [0.29, 0.717) is 11.5 Å². The van der Waals surface area contributed by atoms with Gasteiger partial charge in [0.2, 0.25) is 5.91 Å². The Balaban J connectivity index is 1.65. The average molecular weight is 396 g/mol. The van der Waals surface area contributed by atoms with Crippen LogP contribution < -0.4 is 19.7 Å². The van der Waals surface area contributed by atoms with Crippen LogP contribution in [0.25, 0.3) is 6.08 Å². The van der Waals surface area contributed by atoms with E-state index in [4.69, 9.17) is 9.47 Å². The van der Waals surface area contributed by atoms with E-state index in [1.807, 2.05) is 25.1 Å². The van der Waals surface area contributed by atoms with E-state index in [2.05, 4.69) is 34.3 Å². The summed E-state index contributed by atoms with van der Waals surface area (Å²) in [7, 11) is 5.35. The van der Waals surface area contributed by atoms with Crippen LogP contribution in [0.2, 0.25) is 0 Å². The van der Waals surface area contributed by atoms with Crippen molar-refractivity contribution in [3.05, 3.63) is 53.6 Å². The maximum Gasteiger partial charge on any atom is 0.248 e. The predicted molar refractivity (Wildman–Crippen MR) is 118 cm³/mol. The van der Waals surface area contributed by atoms with Crippen LogP contribution in [0.4, 0.5) is 11.4 Å². The zero-order chi connectivity index (χ0) is 20.8. The van der Waals surface area contributed by atoms with Crippen LogP contribution in [-0.4, -0.2) is 58.3 Å². The molecule has 0 bridgehead atoms. The lowest BCUT2D eigenvalue weighted by atomic mass is 10.1. The summed E-state index contributed by atoms with van der Waals surface area (Å²) < 4.78 is 10.5. The standard InChI is InChI=1S/C23H29N3O3/c1-17-13-19(26-11-9-25(2)10-12-26)6-7-22(17)24-23(27)8-5-18-14-20(28-3)16-21(15-18)29-4/h5-8,13-16H,9-12H2,1-4H3,(H,24,27)/b8-5+. The Labute approximate surface area is 172 Å². The molecule has 1 aliphatic heterocycles. The third kappa shape index (κ3) is 5.51. The van der Waals surface area contributed by atoms with Crippen LogP contribution in [0.5, 0.6) is 11.5 Å². The van der Waals surface area contributed by atoms with Gasteiger partial charge < -0.3 is 24.6 Å². The summed E-state index contributed by atoms with van der Waals surface area (Å²) in [6, 6.07) is 11.7. The van der Waals surface area contributed by atoms with Crippen LogP contribution in [0, 0.1) is 6.92 Å². The van der Waals surface area contributed by atoms with Gasteiger partial charge in [-0.25, -0.2) is 0 Å². The zero-order valence-electron chi connectivity index (χ0n) is 17.6. The molecule has 1 N–H and O–H groups in total. The first-order chi connectivity index (χ1) is 14.0. The molecule has 6 nitrogen and oxygen atoms in total. The predicted octanol–water partition coefficient (Wildman–Crippen LogP) is 3.42. The van der Waals surface area contributed by atoms with Crippen molar-refractivity contribution in [2.24, 2.45) is 0 Å². The first-order valence-corrected chi connectivity index (χ1v) is 9.75. The highest BCUT2D eigenvalue weighted by atomic mass is 16.5. The number of nitrogens with one attached hydrogen (secondary N) is 1. The number of likely N-dealkylation sites (N-methyl/N-ethyl adjacent to an activating group) is 1. The molecule has 1 fully saturated rings. The first kappa shape index (κ1) is 20.7. The van der Waals surface area contributed by atoms with Gasteiger partial charge in [-0.2, -0.15) is 0 Å².